The number of rotatable bonds is 3. The molecule has 1 aromatic rings. The van der Waals surface area contributed by atoms with E-state index in [4.69, 9.17) is 0 Å². The number of urea groups is 1. The second kappa shape index (κ2) is 6.24. The van der Waals surface area contributed by atoms with E-state index in [0.29, 0.717) is 13.1 Å². The van der Waals surface area contributed by atoms with Gasteiger partial charge in [0.25, 0.3) is 5.91 Å². The Morgan fingerprint density at radius 3 is 2.64 bits per heavy atom. The fraction of sp³-hybridized carbons (Fsp3) is 0.667. The summed E-state index contributed by atoms with van der Waals surface area (Å²) >= 11 is 1.51. The van der Waals surface area contributed by atoms with Crippen LogP contribution < -0.4 is 5.32 Å². The summed E-state index contributed by atoms with van der Waals surface area (Å²) < 4.78 is 0. The van der Waals surface area contributed by atoms with Crippen LogP contribution in [0.15, 0.2) is 0 Å². The molecule has 2 saturated heterocycles. The van der Waals surface area contributed by atoms with Crippen LogP contribution in [-0.4, -0.2) is 58.9 Å². The first-order valence-corrected chi connectivity index (χ1v) is 8.72. The number of likely N-dealkylation sites (tertiary alicyclic amines) is 1. The molecule has 1 aromatic heterocycles. The molecule has 2 aliphatic heterocycles. The number of aromatic nitrogens is 1. The van der Waals surface area contributed by atoms with Gasteiger partial charge >= 0.3 is 6.03 Å². The Morgan fingerprint density at radius 1 is 1.36 bits per heavy atom. The molecule has 3 amide bonds. The number of thiazole rings is 1. The van der Waals surface area contributed by atoms with Crippen molar-refractivity contribution in [3.8, 4) is 0 Å². The topological polar surface area (TPSA) is 65.5 Å². The van der Waals surface area contributed by atoms with Crippen molar-refractivity contribution in [1.29, 1.82) is 0 Å². The number of carbonyl (C=O) groups is 2. The van der Waals surface area contributed by atoms with Gasteiger partial charge < -0.3 is 15.1 Å². The van der Waals surface area contributed by atoms with Gasteiger partial charge in [0.05, 0.1) is 10.7 Å². The Labute approximate surface area is 134 Å². The lowest BCUT2D eigenvalue weighted by molar-refractivity contribution is 0.0670. The number of aryl methyl sites for hydroxylation is 2. The molecule has 1 N–H and O–H groups in total. The largest absolute Gasteiger partial charge is 0.338 e. The molecule has 0 unspecified atom stereocenters. The van der Waals surface area contributed by atoms with Crippen molar-refractivity contribution in [2.45, 2.75) is 39.2 Å². The highest BCUT2D eigenvalue weighted by atomic mass is 32.1. The summed E-state index contributed by atoms with van der Waals surface area (Å²) in [6.45, 7) is 6.91. The minimum atomic E-state index is 0.0377. The quantitative estimate of drug-likeness (QED) is 0.920. The molecule has 6 nitrogen and oxygen atoms in total. The molecule has 0 bridgehead atoms. The van der Waals surface area contributed by atoms with Crippen molar-refractivity contribution in [2.24, 2.45) is 0 Å². The third-order valence-corrected chi connectivity index (χ3v) is 5.71. The van der Waals surface area contributed by atoms with Crippen molar-refractivity contribution in [1.82, 2.24) is 20.1 Å². The second-order valence-corrected chi connectivity index (χ2v) is 6.91. The third kappa shape index (κ3) is 2.82. The van der Waals surface area contributed by atoms with E-state index in [9.17, 15) is 9.59 Å². The molecule has 0 atom stereocenters. The van der Waals surface area contributed by atoms with Gasteiger partial charge in [-0.15, -0.1) is 11.3 Å². The van der Waals surface area contributed by atoms with Gasteiger partial charge in [-0.05, 0) is 26.2 Å². The smallest absolute Gasteiger partial charge is 0.317 e. The SMILES string of the molecule is CCc1nc(C)c(C(=O)N2CCC(N3CCNC3=O)CC2)s1. The van der Waals surface area contributed by atoms with Gasteiger partial charge in [0.2, 0.25) is 0 Å². The molecule has 7 heteroatoms. The minimum absolute atomic E-state index is 0.0377. The molecule has 2 aliphatic rings. The van der Waals surface area contributed by atoms with Crippen LogP contribution in [0.25, 0.3) is 0 Å². The van der Waals surface area contributed by atoms with Gasteiger partial charge in [-0.2, -0.15) is 0 Å². The lowest BCUT2D eigenvalue weighted by atomic mass is 10.0. The van der Waals surface area contributed by atoms with Gasteiger partial charge in [-0.1, -0.05) is 6.92 Å². The monoisotopic (exact) mass is 322 g/mol. The molecule has 0 radical (unpaired) electrons. The van der Waals surface area contributed by atoms with Crippen molar-refractivity contribution in [2.75, 3.05) is 26.2 Å². The third-order valence-electron chi connectivity index (χ3n) is 4.42. The summed E-state index contributed by atoms with van der Waals surface area (Å²) in [6.07, 6.45) is 2.58. The maximum atomic E-state index is 12.6. The number of hydrogen-bond acceptors (Lipinski definition) is 4. The molecular formula is C15H22N4O2S. The van der Waals surface area contributed by atoms with E-state index in [2.05, 4.69) is 17.2 Å². The zero-order valence-electron chi connectivity index (χ0n) is 13.1. The van der Waals surface area contributed by atoms with Crippen LogP contribution >= 0.6 is 11.3 Å². The predicted molar refractivity (Wildman–Crippen MR) is 85.3 cm³/mol. The van der Waals surface area contributed by atoms with Gasteiger partial charge in [0, 0.05) is 32.2 Å². The Bertz CT molecular complexity index is 578. The van der Waals surface area contributed by atoms with Crippen LogP contribution in [0.5, 0.6) is 0 Å². The normalized spacial score (nSPS) is 19.6. The number of carbonyl (C=O) groups excluding carboxylic acids is 2. The highest BCUT2D eigenvalue weighted by Gasteiger charge is 2.32. The summed E-state index contributed by atoms with van der Waals surface area (Å²) in [7, 11) is 0. The first-order valence-electron chi connectivity index (χ1n) is 7.90. The first kappa shape index (κ1) is 15.3. The van der Waals surface area contributed by atoms with Crippen LogP contribution in [0, 0.1) is 6.92 Å². The fourth-order valence-corrected chi connectivity index (χ4v) is 4.13. The highest BCUT2D eigenvalue weighted by Crippen LogP contribution is 2.24. The summed E-state index contributed by atoms with van der Waals surface area (Å²) in [4.78, 5) is 33.4. The number of piperidine rings is 1. The van der Waals surface area contributed by atoms with Gasteiger partial charge in [-0.25, -0.2) is 9.78 Å². The molecular weight excluding hydrogens is 300 g/mol. The molecule has 0 aliphatic carbocycles. The van der Waals surface area contributed by atoms with E-state index in [1.807, 2.05) is 16.7 Å². The zero-order valence-corrected chi connectivity index (χ0v) is 13.9. The van der Waals surface area contributed by atoms with Crippen LogP contribution in [0.3, 0.4) is 0 Å². The van der Waals surface area contributed by atoms with Gasteiger partial charge in [0.1, 0.15) is 4.88 Å². The molecule has 3 rings (SSSR count). The average Bonchev–Trinajstić information content (AvgIpc) is 3.12. The van der Waals surface area contributed by atoms with Crippen molar-refractivity contribution in [3.05, 3.63) is 15.6 Å². The Balaban J connectivity index is 1.62. The summed E-state index contributed by atoms with van der Waals surface area (Å²) in [5, 5.41) is 3.86. The van der Waals surface area contributed by atoms with Crippen LogP contribution in [0.4, 0.5) is 4.79 Å². The van der Waals surface area contributed by atoms with Crippen LogP contribution in [0.1, 0.15) is 40.1 Å². The lowest BCUT2D eigenvalue weighted by Gasteiger charge is -2.36. The highest BCUT2D eigenvalue weighted by molar-refractivity contribution is 7.13. The van der Waals surface area contributed by atoms with Gasteiger partial charge in [-0.3, -0.25) is 4.79 Å². The molecule has 120 valence electrons. The van der Waals surface area contributed by atoms with Crippen molar-refractivity contribution >= 4 is 23.3 Å². The Hall–Kier alpha value is -1.63. The van der Waals surface area contributed by atoms with Crippen molar-refractivity contribution < 1.29 is 9.59 Å². The van der Waals surface area contributed by atoms with E-state index in [0.717, 1.165) is 47.9 Å². The predicted octanol–water partition coefficient (Wildman–Crippen LogP) is 1.64. The number of hydrogen-bond donors (Lipinski definition) is 1. The minimum Gasteiger partial charge on any atom is -0.338 e. The molecule has 0 aromatic carbocycles. The molecule has 22 heavy (non-hydrogen) atoms. The van der Waals surface area contributed by atoms with E-state index < -0.39 is 0 Å². The Morgan fingerprint density at radius 2 is 2.09 bits per heavy atom. The van der Waals surface area contributed by atoms with Crippen LogP contribution in [-0.2, 0) is 6.42 Å². The summed E-state index contributed by atoms with van der Waals surface area (Å²) in [6, 6.07) is 0.302. The average molecular weight is 322 g/mol. The van der Waals surface area contributed by atoms with Crippen LogP contribution in [0.2, 0.25) is 0 Å². The standard InChI is InChI=1S/C15H22N4O2S/c1-3-12-17-10(2)13(22-12)14(20)18-7-4-11(5-8-18)19-9-6-16-15(19)21/h11H,3-9H2,1-2H3,(H,16,21). The van der Waals surface area contributed by atoms with E-state index in [-0.39, 0.29) is 18.0 Å². The fourth-order valence-electron chi connectivity index (χ4n) is 3.16. The van der Waals surface area contributed by atoms with Crippen molar-refractivity contribution in [3.63, 3.8) is 0 Å². The summed E-state index contributed by atoms with van der Waals surface area (Å²) in [5.41, 5.74) is 0.841. The zero-order chi connectivity index (χ0) is 15.7. The molecule has 2 fully saturated rings. The van der Waals surface area contributed by atoms with E-state index in [1.165, 1.54) is 11.3 Å². The maximum Gasteiger partial charge on any atom is 0.317 e. The van der Waals surface area contributed by atoms with Gasteiger partial charge in [0.15, 0.2) is 0 Å². The maximum absolute atomic E-state index is 12.6. The number of amides is 3. The second-order valence-electron chi connectivity index (χ2n) is 5.82. The van der Waals surface area contributed by atoms with E-state index in [1.54, 1.807) is 0 Å². The Kier molecular flexibility index (Phi) is 4.33. The lowest BCUT2D eigenvalue weighted by Crippen LogP contribution is -2.47. The van der Waals surface area contributed by atoms with E-state index >= 15 is 0 Å². The number of nitrogens with one attached hydrogen (secondary N) is 1. The number of nitrogens with zero attached hydrogens (tertiary/aromatic N) is 3. The molecule has 0 saturated carbocycles. The molecule has 3 heterocycles. The first-order chi connectivity index (χ1) is 10.6. The summed E-state index contributed by atoms with van der Waals surface area (Å²) in [5.74, 6) is 0.0963. The molecule has 0 spiro atoms.